The fraction of sp³-hybridized carbons (Fsp3) is 0.739. The van der Waals surface area contributed by atoms with Crippen molar-refractivity contribution in [2.45, 2.75) is 86.0 Å². The zero-order valence-corrected chi connectivity index (χ0v) is 20.7. The fourth-order valence-corrected chi connectivity index (χ4v) is 4.66. The van der Waals surface area contributed by atoms with Crippen LogP contribution in [0.5, 0.6) is 5.75 Å². The molecule has 1 aromatic rings. The van der Waals surface area contributed by atoms with Crippen LogP contribution in [0.15, 0.2) is 18.2 Å². The summed E-state index contributed by atoms with van der Waals surface area (Å²) in [5.41, 5.74) is 0.468. The number of nitro benzene ring substituents is 1. The van der Waals surface area contributed by atoms with E-state index in [-0.39, 0.29) is 23.3 Å². The minimum absolute atomic E-state index is 0.0438. The molecule has 1 rings (SSSR count). The van der Waals surface area contributed by atoms with Gasteiger partial charge in [-0.25, -0.2) is 4.57 Å². The predicted octanol–water partition coefficient (Wildman–Crippen LogP) is 7.86. The van der Waals surface area contributed by atoms with Crippen LogP contribution in [0.4, 0.5) is 5.69 Å². The Morgan fingerprint density at radius 1 is 0.968 bits per heavy atom. The molecule has 0 saturated carbocycles. The van der Waals surface area contributed by atoms with E-state index in [1.807, 2.05) is 0 Å². The van der Waals surface area contributed by atoms with Gasteiger partial charge in [-0.05, 0) is 43.2 Å². The summed E-state index contributed by atoms with van der Waals surface area (Å²) in [7, 11) is -3.88. The molecule has 0 N–H and O–H groups in total. The van der Waals surface area contributed by atoms with Gasteiger partial charge in [-0.3, -0.25) is 19.2 Å². The van der Waals surface area contributed by atoms with Crippen molar-refractivity contribution in [1.82, 2.24) is 0 Å². The van der Waals surface area contributed by atoms with Crippen LogP contribution in [0.3, 0.4) is 0 Å². The van der Waals surface area contributed by atoms with Gasteiger partial charge in [0.2, 0.25) is 0 Å². The largest absolute Gasteiger partial charge is 0.530 e. The van der Waals surface area contributed by atoms with Crippen molar-refractivity contribution in [3.05, 3.63) is 33.9 Å². The van der Waals surface area contributed by atoms with Gasteiger partial charge in [0.05, 0.1) is 18.1 Å². The molecule has 8 heteroatoms. The van der Waals surface area contributed by atoms with Crippen molar-refractivity contribution >= 4 is 13.5 Å². The van der Waals surface area contributed by atoms with Crippen LogP contribution in [0.25, 0.3) is 0 Å². The Hall–Kier alpha value is -1.43. The molecule has 0 fully saturated rings. The minimum atomic E-state index is -3.88. The molecule has 178 valence electrons. The highest BCUT2D eigenvalue weighted by Crippen LogP contribution is 2.51. The normalized spacial score (nSPS) is 15.3. The topological polar surface area (TPSA) is 87.9 Å². The van der Waals surface area contributed by atoms with Crippen molar-refractivity contribution in [3.63, 3.8) is 0 Å². The van der Waals surface area contributed by atoms with Crippen LogP contribution in [0.1, 0.15) is 84.6 Å². The van der Waals surface area contributed by atoms with Gasteiger partial charge in [0.25, 0.3) is 5.69 Å². The van der Waals surface area contributed by atoms with Gasteiger partial charge in [-0.2, -0.15) is 0 Å². The fourth-order valence-electron chi connectivity index (χ4n) is 3.25. The first-order chi connectivity index (χ1) is 14.8. The Morgan fingerprint density at radius 3 is 1.87 bits per heavy atom. The van der Waals surface area contributed by atoms with E-state index in [4.69, 9.17) is 13.6 Å². The quantitative estimate of drug-likeness (QED) is 0.134. The average molecular weight is 458 g/mol. The summed E-state index contributed by atoms with van der Waals surface area (Å²) in [4.78, 5) is 10.5. The Bertz CT molecular complexity index is 687. The molecule has 31 heavy (non-hydrogen) atoms. The highest BCUT2D eigenvalue weighted by molar-refractivity contribution is 7.48. The lowest BCUT2D eigenvalue weighted by Gasteiger charge is -2.24. The van der Waals surface area contributed by atoms with E-state index in [0.717, 1.165) is 51.4 Å². The van der Waals surface area contributed by atoms with Crippen molar-refractivity contribution in [2.24, 2.45) is 11.8 Å². The number of aryl methyl sites for hydroxylation is 1. The standard InChI is InChI=1S/C23H40NO6P/c1-6-10-12-20(8-3)17-28-31(27,29-18-21(9-4)13-11-7-2)30-23-15-14-22(24(25)26)16-19(23)5/h14-16,20-21H,6-13,17-18H2,1-5H3. The van der Waals surface area contributed by atoms with Crippen LogP contribution >= 0.6 is 7.82 Å². The van der Waals surface area contributed by atoms with Crippen molar-refractivity contribution in [3.8, 4) is 5.75 Å². The number of non-ortho nitro benzene ring substituents is 1. The smallest absolute Gasteiger partial charge is 0.404 e. The summed E-state index contributed by atoms with van der Waals surface area (Å²) in [6.45, 7) is 10.7. The number of unbranched alkanes of at least 4 members (excludes halogenated alkanes) is 2. The first-order valence-corrected chi connectivity index (χ1v) is 13.1. The van der Waals surface area contributed by atoms with Crippen LogP contribution < -0.4 is 4.52 Å². The second kappa shape index (κ2) is 14.6. The van der Waals surface area contributed by atoms with Crippen molar-refractivity contribution < 1.29 is 23.1 Å². The van der Waals surface area contributed by atoms with Gasteiger partial charge in [-0.1, -0.05) is 66.2 Å². The molecule has 0 aliphatic rings. The van der Waals surface area contributed by atoms with Crippen LogP contribution in [0.2, 0.25) is 0 Å². The third-order valence-corrected chi connectivity index (χ3v) is 6.95. The number of hydrogen-bond donors (Lipinski definition) is 0. The van der Waals surface area contributed by atoms with Gasteiger partial charge in [0, 0.05) is 12.1 Å². The molecule has 1 aromatic carbocycles. The second-order valence-corrected chi connectivity index (χ2v) is 9.76. The minimum Gasteiger partial charge on any atom is -0.404 e. The van der Waals surface area contributed by atoms with Crippen LogP contribution in [-0.2, 0) is 13.6 Å². The molecule has 0 aromatic heterocycles. The summed E-state index contributed by atoms with van der Waals surface area (Å²) in [6.07, 6.45) is 8.20. The van der Waals surface area contributed by atoms with E-state index in [2.05, 4.69) is 27.7 Å². The van der Waals surface area contributed by atoms with Crippen LogP contribution in [0, 0.1) is 28.9 Å². The summed E-state index contributed by atoms with van der Waals surface area (Å²) in [5.74, 6) is 0.832. The number of hydrogen-bond acceptors (Lipinski definition) is 6. The number of phosphoric ester groups is 1. The van der Waals surface area contributed by atoms with Crippen molar-refractivity contribution in [2.75, 3.05) is 13.2 Å². The zero-order chi connectivity index (χ0) is 23.3. The molecule has 0 amide bonds. The zero-order valence-electron chi connectivity index (χ0n) is 19.8. The molecule has 0 spiro atoms. The molecular weight excluding hydrogens is 417 g/mol. The molecule has 0 aliphatic heterocycles. The van der Waals surface area contributed by atoms with Gasteiger partial charge in [0.1, 0.15) is 5.75 Å². The maximum Gasteiger partial charge on any atom is 0.530 e. The SMILES string of the molecule is CCCCC(CC)COP(=O)(OCC(CC)CCCC)Oc1ccc([N+](=O)[O-])cc1C. The number of nitrogens with zero attached hydrogens (tertiary/aromatic N) is 1. The van der Waals surface area contributed by atoms with Gasteiger partial charge in [0.15, 0.2) is 0 Å². The molecular formula is C23H40NO6P. The first kappa shape index (κ1) is 27.6. The molecule has 2 atom stereocenters. The monoisotopic (exact) mass is 457 g/mol. The van der Waals surface area contributed by atoms with Crippen molar-refractivity contribution in [1.29, 1.82) is 0 Å². The van der Waals surface area contributed by atoms with Gasteiger partial charge >= 0.3 is 7.82 Å². The molecule has 0 saturated heterocycles. The molecule has 2 unspecified atom stereocenters. The highest BCUT2D eigenvalue weighted by Gasteiger charge is 2.32. The maximum atomic E-state index is 13.5. The predicted molar refractivity (Wildman–Crippen MR) is 125 cm³/mol. The molecule has 7 nitrogen and oxygen atoms in total. The summed E-state index contributed by atoms with van der Waals surface area (Å²) in [5, 5.41) is 11.0. The summed E-state index contributed by atoms with van der Waals surface area (Å²) in [6, 6.07) is 4.18. The average Bonchev–Trinajstić information content (AvgIpc) is 2.75. The number of phosphoric acid groups is 1. The number of rotatable bonds is 17. The number of nitro groups is 1. The molecule has 0 aliphatic carbocycles. The van der Waals surface area contributed by atoms with E-state index >= 15 is 0 Å². The Labute approximate surface area is 187 Å². The lowest BCUT2D eigenvalue weighted by Crippen LogP contribution is -2.14. The third kappa shape index (κ3) is 10.2. The Morgan fingerprint density at radius 2 is 1.48 bits per heavy atom. The first-order valence-electron chi connectivity index (χ1n) is 11.6. The lowest BCUT2D eigenvalue weighted by atomic mass is 10.0. The van der Waals surface area contributed by atoms with E-state index in [1.165, 1.54) is 18.2 Å². The molecule has 0 heterocycles. The molecule has 0 bridgehead atoms. The Balaban J connectivity index is 2.97. The highest BCUT2D eigenvalue weighted by atomic mass is 31.2. The van der Waals surface area contributed by atoms with Gasteiger partial charge < -0.3 is 4.52 Å². The third-order valence-electron chi connectivity index (χ3n) is 5.60. The van der Waals surface area contributed by atoms with E-state index in [9.17, 15) is 14.7 Å². The lowest BCUT2D eigenvalue weighted by molar-refractivity contribution is -0.384. The maximum absolute atomic E-state index is 13.5. The van der Waals surface area contributed by atoms with Crippen LogP contribution in [-0.4, -0.2) is 18.1 Å². The van der Waals surface area contributed by atoms with E-state index < -0.39 is 12.7 Å². The Kier molecular flexibility index (Phi) is 13.0. The summed E-state index contributed by atoms with van der Waals surface area (Å²) < 4.78 is 30.9. The van der Waals surface area contributed by atoms with E-state index in [1.54, 1.807) is 6.92 Å². The molecule has 0 radical (unpaired) electrons. The second-order valence-electron chi connectivity index (χ2n) is 8.17. The van der Waals surface area contributed by atoms with E-state index in [0.29, 0.717) is 18.8 Å². The summed E-state index contributed by atoms with van der Waals surface area (Å²) >= 11 is 0. The van der Waals surface area contributed by atoms with Gasteiger partial charge in [-0.15, -0.1) is 0 Å². The number of benzene rings is 1.